The van der Waals surface area contributed by atoms with Gasteiger partial charge in [-0.3, -0.25) is 9.59 Å². The number of benzene rings is 1. The molecule has 0 amide bonds. The molecule has 0 radical (unpaired) electrons. The predicted octanol–water partition coefficient (Wildman–Crippen LogP) is 2.29. The second kappa shape index (κ2) is 6.07. The van der Waals surface area contributed by atoms with E-state index in [1.54, 1.807) is 18.2 Å². The Bertz CT molecular complexity index is 713. The van der Waals surface area contributed by atoms with Gasteiger partial charge in [-0.2, -0.15) is 0 Å². The molecule has 0 saturated heterocycles. The second-order valence-electron chi connectivity index (χ2n) is 4.18. The Hall–Kier alpha value is -1.85. The van der Waals surface area contributed by atoms with Crippen LogP contribution < -0.4 is 5.56 Å². The average Bonchev–Trinajstić information content (AvgIpc) is 2.37. The fourth-order valence-electron chi connectivity index (χ4n) is 1.68. The van der Waals surface area contributed by atoms with Crippen molar-refractivity contribution < 1.29 is 9.90 Å². The van der Waals surface area contributed by atoms with Crippen molar-refractivity contribution in [3.63, 3.8) is 0 Å². The van der Waals surface area contributed by atoms with Gasteiger partial charge in [-0.25, -0.2) is 4.98 Å². The molecule has 0 spiro atoms. The summed E-state index contributed by atoms with van der Waals surface area (Å²) in [7, 11) is 0. The normalized spacial score (nSPS) is 10.5. The molecule has 0 aliphatic heterocycles. The van der Waals surface area contributed by atoms with Crippen molar-refractivity contribution in [3.05, 3.63) is 61.7 Å². The number of aliphatic carboxylic acids is 1. The summed E-state index contributed by atoms with van der Waals surface area (Å²) in [6, 6.07) is 5.13. The van der Waals surface area contributed by atoms with E-state index in [1.807, 2.05) is 0 Å². The molecule has 0 aliphatic rings. The van der Waals surface area contributed by atoms with Crippen LogP contribution in [0.4, 0.5) is 0 Å². The van der Waals surface area contributed by atoms with E-state index < -0.39 is 11.5 Å². The van der Waals surface area contributed by atoms with E-state index in [9.17, 15) is 9.59 Å². The number of hydrogen-bond donors (Lipinski definition) is 2. The summed E-state index contributed by atoms with van der Waals surface area (Å²) in [5.74, 6) is -0.642. The van der Waals surface area contributed by atoms with Crippen LogP contribution in [0, 0.1) is 0 Å². The summed E-state index contributed by atoms with van der Waals surface area (Å²) in [5.41, 5.74) is 0.515. The molecule has 2 N–H and O–H groups in total. The van der Waals surface area contributed by atoms with Crippen molar-refractivity contribution in [2.45, 2.75) is 12.8 Å². The van der Waals surface area contributed by atoms with E-state index in [0.717, 1.165) is 5.56 Å². The molecule has 0 unspecified atom stereocenters. The molecule has 20 heavy (non-hydrogen) atoms. The van der Waals surface area contributed by atoms with Crippen LogP contribution in [0.2, 0.25) is 10.0 Å². The van der Waals surface area contributed by atoms with Crippen molar-refractivity contribution in [1.29, 1.82) is 0 Å². The number of carbonyl (C=O) groups is 1. The average molecular weight is 313 g/mol. The van der Waals surface area contributed by atoms with Crippen LogP contribution in [0.15, 0.2) is 29.2 Å². The largest absolute Gasteiger partial charge is 0.481 e. The molecule has 1 aromatic carbocycles. The van der Waals surface area contributed by atoms with Gasteiger partial charge in [-0.05, 0) is 17.7 Å². The lowest BCUT2D eigenvalue weighted by atomic mass is 10.1. The van der Waals surface area contributed by atoms with Crippen LogP contribution in [-0.2, 0) is 17.6 Å². The maximum Gasteiger partial charge on any atom is 0.308 e. The highest BCUT2D eigenvalue weighted by molar-refractivity contribution is 6.42. The molecule has 5 nitrogen and oxygen atoms in total. The van der Waals surface area contributed by atoms with Crippen LogP contribution in [0.5, 0.6) is 0 Å². The topological polar surface area (TPSA) is 83.0 Å². The van der Waals surface area contributed by atoms with Gasteiger partial charge in [0.25, 0.3) is 5.56 Å². The molecule has 1 aromatic heterocycles. The Morgan fingerprint density at radius 3 is 2.65 bits per heavy atom. The minimum absolute atomic E-state index is 0.121. The zero-order chi connectivity index (χ0) is 14.7. The number of aromatic amines is 1. The number of carboxylic acid groups (broad SMARTS) is 1. The van der Waals surface area contributed by atoms with Crippen molar-refractivity contribution >= 4 is 29.2 Å². The molecule has 1 heterocycles. The van der Waals surface area contributed by atoms with Gasteiger partial charge in [0, 0.05) is 18.2 Å². The minimum atomic E-state index is -1.07. The summed E-state index contributed by atoms with van der Waals surface area (Å²) < 4.78 is 0. The van der Waals surface area contributed by atoms with Crippen molar-refractivity contribution in [1.82, 2.24) is 9.97 Å². The van der Waals surface area contributed by atoms with E-state index in [4.69, 9.17) is 28.3 Å². The van der Waals surface area contributed by atoms with Crippen molar-refractivity contribution in [3.8, 4) is 0 Å². The third kappa shape index (κ3) is 3.59. The molecule has 2 rings (SSSR count). The third-order valence-corrected chi connectivity index (χ3v) is 3.36. The highest BCUT2D eigenvalue weighted by atomic mass is 35.5. The molecular formula is C13H10Cl2N2O3. The first-order valence-electron chi connectivity index (χ1n) is 5.68. The maximum atomic E-state index is 11.7. The van der Waals surface area contributed by atoms with Gasteiger partial charge in [0.05, 0.1) is 16.5 Å². The molecular weight excluding hydrogens is 303 g/mol. The highest BCUT2D eigenvalue weighted by Crippen LogP contribution is 2.23. The fourth-order valence-corrected chi connectivity index (χ4v) is 2.00. The molecule has 7 heteroatoms. The number of halogens is 2. The summed E-state index contributed by atoms with van der Waals surface area (Å²) in [6.45, 7) is 0. The van der Waals surface area contributed by atoms with Gasteiger partial charge in [0.15, 0.2) is 0 Å². The highest BCUT2D eigenvalue weighted by Gasteiger charge is 2.08. The molecule has 0 aliphatic carbocycles. The molecule has 2 aromatic rings. The number of H-pyrrole nitrogens is 1. The lowest BCUT2D eigenvalue weighted by Gasteiger charge is -2.04. The third-order valence-electron chi connectivity index (χ3n) is 2.62. The first-order chi connectivity index (χ1) is 9.45. The number of rotatable bonds is 4. The second-order valence-corrected chi connectivity index (χ2v) is 4.99. The van der Waals surface area contributed by atoms with Gasteiger partial charge >= 0.3 is 5.97 Å². The summed E-state index contributed by atoms with van der Waals surface area (Å²) in [5, 5.41) is 9.52. The summed E-state index contributed by atoms with van der Waals surface area (Å²) in [4.78, 5) is 28.8. The van der Waals surface area contributed by atoms with Gasteiger partial charge in [-0.15, -0.1) is 0 Å². The lowest BCUT2D eigenvalue weighted by Crippen LogP contribution is -2.19. The number of hydrogen-bond acceptors (Lipinski definition) is 3. The van der Waals surface area contributed by atoms with Crippen LogP contribution >= 0.6 is 23.2 Å². The van der Waals surface area contributed by atoms with Gasteiger partial charge < -0.3 is 10.1 Å². The Kier molecular flexibility index (Phi) is 4.42. The molecule has 0 saturated carbocycles. The maximum absolute atomic E-state index is 11.7. The minimum Gasteiger partial charge on any atom is -0.481 e. The van der Waals surface area contributed by atoms with E-state index >= 15 is 0 Å². The monoisotopic (exact) mass is 312 g/mol. The SMILES string of the molecule is O=C(O)Cc1cnc(Cc2ccc(Cl)c(Cl)c2)[nH]c1=O. The molecule has 0 bridgehead atoms. The van der Waals surface area contributed by atoms with E-state index in [-0.39, 0.29) is 12.0 Å². The lowest BCUT2D eigenvalue weighted by molar-refractivity contribution is -0.136. The Morgan fingerprint density at radius 1 is 1.30 bits per heavy atom. The Morgan fingerprint density at radius 2 is 2.05 bits per heavy atom. The number of carboxylic acids is 1. The Balaban J connectivity index is 2.22. The van der Waals surface area contributed by atoms with Gasteiger partial charge in [-0.1, -0.05) is 29.3 Å². The zero-order valence-electron chi connectivity index (χ0n) is 10.2. The van der Waals surface area contributed by atoms with E-state index in [0.29, 0.717) is 22.3 Å². The molecule has 104 valence electrons. The van der Waals surface area contributed by atoms with Crippen LogP contribution in [0.25, 0.3) is 0 Å². The number of nitrogens with zero attached hydrogens (tertiary/aromatic N) is 1. The van der Waals surface area contributed by atoms with Crippen LogP contribution in [-0.4, -0.2) is 21.0 Å². The zero-order valence-corrected chi connectivity index (χ0v) is 11.7. The van der Waals surface area contributed by atoms with Crippen molar-refractivity contribution in [2.75, 3.05) is 0 Å². The first-order valence-corrected chi connectivity index (χ1v) is 6.44. The first kappa shape index (κ1) is 14.6. The summed E-state index contributed by atoms with van der Waals surface area (Å²) in [6.07, 6.45) is 1.30. The van der Waals surface area contributed by atoms with Gasteiger partial charge in [0.1, 0.15) is 5.82 Å². The Labute approximate surface area is 124 Å². The van der Waals surface area contributed by atoms with Gasteiger partial charge in [0.2, 0.25) is 0 Å². The standard InChI is InChI=1S/C13H10Cl2N2O3/c14-9-2-1-7(3-10(9)15)4-11-16-6-8(5-12(18)19)13(20)17-11/h1-3,6H,4-5H2,(H,18,19)(H,16,17,20). The predicted molar refractivity (Wildman–Crippen MR) is 75.5 cm³/mol. The number of nitrogens with one attached hydrogen (secondary N) is 1. The van der Waals surface area contributed by atoms with Crippen LogP contribution in [0.3, 0.4) is 0 Å². The van der Waals surface area contributed by atoms with Crippen molar-refractivity contribution in [2.24, 2.45) is 0 Å². The molecule has 0 fully saturated rings. The smallest absolute Gasteiger partial charge is 0.308 e. The van der Waals surface area contributed by atoms with Crippen LogP contribution in [0.1, 0.15) is 17.0 Å². The molecule has 0 atom stereocenters. The summed E-state index contributed by atoms with van der Waals surface area (Å²) >= 11 is 11.7. The quantitative estimate of drug-likeness (QED) is 0.907. The fraction of sp³-hybridized carbons (Fsp3) is 0.154. The van der Waals surface area contributed by atoms with E-state index in [2.05, 4.69) is 9.97 Å². The number of aromatic nitrogens is 2. The van der Waals surface area contributed by atoms with E-state index in [1.165, 1.54) is 6.20 Å².